The SMILES string of the molecule is Cc1cccc(C)c1NC(=O)CN1CCN(C(=O)CNC(c2ccccc2)c2ccccc2)CC1. The van der Waals surface area contributed by atoms with Crippen molar-refractivity contribution in [1.82, 2.24) is 15.1 Å². The normalized spacial score (nSPS) is 14.2. The van der Waals surface area contributed by atoms with E-state index in [1.54, 1.807) is 0 Å². The van der Waals surface area contributed by atoms with Crippen LogP contribution in [-0.4, -0.2) is 60.9 Å². The second kappa shape index (κ2) is 11.8. The van der Waals surface area contributed by atoms with Gasteiger partial charge in [-0.2, -0.15) is 0 Å². The molecular formula is C29H34N4O2. The molecule has 0 bridgehead atoms. The molecule has 182 valence electrons. The van der Waals surface area contributed by atoms with Crippen LogP contribution in [0.2, 0.25) is 0 Å². The highest BCUT2D eigenvalue weighted by Gasteiger charge is 2.24. The van der Waals surface area contributed by atoms with Gasteiger partial charge in [0.15, 0.2) is 0 Å². The maximum Gasteiger partial charge on any atom is 0.238 e. The highest BCUT2D eigenvalue weighted by Crippen LogP contribution is 2.22. The molecule has 1 saturated heterocycles. The third-order valence-electron chi connectivity index (χ3n) is 6.56. The van der Waals surface area contributed by atoms with Crippen LogP contribution in [0.25, 0.3) is 0 Å². The number of para-hydroxylation sites is 1. The van der Waals surface area contributed by atoms with E-state index in [2.05, 4.69) is 39.8 Å². The molecule has 0 radical (unpaired) electrons. The van der Waals surface area contributed by atoms with E-state index in [0.29, 0.717) is 32.7 Å². The number of amides is 2. The van der Waals surface area contributed by atoms with Gasteiger partial charge in [-0.1, -0.05) is 78.9 Å². The zero-order chi connectivity index (χ0) is 24.6. The number of benzene rings is 3. The summed E-state index contributed by atoms with van der Waals surface area (Å²) < 4.78 is 0. The number of piperazine rings is 1. The molecule has 1 heterocycles. The van der Waals surface area contributed by atoms with Crippen molar-refractivity contribution in [2.24, 2.45) is 0 Å². The first-order valence-corrected chi connectivity index (χ1v) is 12.2. The molecule has 1 aliphatic rings. The van der Waals surface area contributed by atoms with Crippen LogP contribution in [0, 0.1) is 13.8 Å². The average Bonchev–Trinajstić information content (AvgIpc) is 2.88. The molecule has 2 N–H and O–H groups in total. The fourth-order valence-electron chi connectivity index (χ4n) is 4.57. The summed E-state index contributed by atoms with van der Waals surface area (Å²) in [5.74, 6) is 0.0684. The first-order chi connectivity index (χ1) is 17.0. The standard InChI is InChI=1S/C29H34N4O2/c1-22-10-9-11-23(2)28(22)31-26(34)21-32-16-18-33(19-17-32)27(35)20-30-29(24-12-5-3-6-13-24)25-14-7-4-8-15-25/h3-15,29-30H,16-21H2,1-2H3,(H,31,34). The first-order valence-electron chi connectivity index (χ1n) is 12.2. The maximum atomic E-state index is 13.0. The fraction of sp³-hybridized carbons (Fsp3) is 0.310. The molecule has 0 aliphatic carbocycles. The molecule has 0 aromatic heterocycles. The van der Waals surface area contributed by atoms with Crippen LogP contribution in [-0.2, 0) is 9.59 Å². The minimum Gasteiger partial charge on any atom is -0.339 e. The number of carbonyl (C=O) groups is 2. The Morgan fingerprint density at radius 2 is 1.31 bits per heavy atom. The van der Waals surface area contributed by atoms with E-state index in [4.69, 9.17) is 0 Å². The molecule has 35 heavy (non-hydrogen) atoms. The Hall–Kier alpha value is -3.48. The topological polar surface area (TPSA) is 64.7 Å². The molecule has 6 nitrogen and oxygen atoms in total. The van der Waals surface area contributed by atoms with Crippen molar-refractivity contribution in [3.63, 3.8) is 0 Å². The van der Waals surface area contributed by atoms with Crippen molar-refractivity contribution in [1.29, 1.82) is 0 Å². The number of rotatable bonds is 8. The van der Waals surface area contributed by atoms with Crippen LogP contribution in [0.1, 0.15) is 28.3 Å². The number of hydrogen-bond acceptors (Lipinski definition) is 4. The Morgan fingerprint density at radius 3 is 1.86 bits per heavy atom. The van der Waals surface area contributed by atoms with E-state index >= 15 is 0 Å². The number of carbonyl (C=O) groups excluding carboxylic acids is 2. The van der Waals surface area contributed by atoms with Gasteiger partial charge >= 0.3 is 0 Å². The van der Waals surface area contributed by atoms with Crippen LogP contribution < -0.4 is 10.6 Å². The van der Waals surface area contributed by atoms with Crippen LogP contribution >= 0.6 is 0 Å². The summed E-state index contributed by atoms with van der Waals surface area (Å²) in [7, 11) is 0. The van der Waals surface area contributed by atoms with E-state index in [-0.39, 0.29) is 24.4 Å². The quantitative estimate of drug-likeness (QED) is 0.526. The lowest BCUT2D eigenvalue weighted by Crippen LogP contribution is -2.52. The largest absolute Gasteiger partial charge is 0.339 e. The zero-order valence-electron chi connectivity index (χ0n) is 20.5. The summed E-state index contributed by atoms with van der Waals surface area (Å²) in [5.41, 5.74) is 5.28. The van der Waals surface area contributed by atoms with Crippen molar-refractivity contribution in [2.75, 3.05) is 44.6 Å². The Balaban J connectivity index is 1.27. The zero-order valence-corrected chi connectivity index (χ0v) is 20.5. The summed E-state index contributed by atoms with van der Waals surface area (Å²) in [4.78, 5) is 29.6. The van der Waals surface area contributed by atoms with Crippen molar-refractivity contribution in [3.05, 3.63) is 101 Å². The molecule has 3 aromatic carbocycles. The predicted molar refractivity (Wildman–Crippen MR) is 140 cm³/mol. The Morgan fingerprint density at radius 1 is 0.771 bits per heavy atom. The second-order valence-corrected chi connectivity index (χ2v) is 9.11. The molecule has 0 unspecified atom stereocenters. The van der Waals surface area contributed by atoms with Gasteiger partial charge in [-0.15, -0.1) is 0 Å². The minimum atomic E-state index is -0.0452. The number of aryl methyl sites for hydroxylation is 2. The molecule has 1 fully saturated rings. The molecule has 0 spiro atoms. The highest BCUT2D eigenvalue weighted by atomic mass is 16.2. The summed E-state index contributed by atoms with van der Waals surface area (Å²) in [6, 6.07) is 26.3. The average molecular weight is 471 g/mol. The van der Waals surface area contributed by atoms with Crippen LogP contribution in [0.3, 0.4) is 0 Å². The first kappa shape index (κ1) is 24.6. The molecule has 0 saturated carbocycles. The number of nitrogens with zero attached hydrogens (tertiary/aromatic N) is 2. The molecule has 6 heteroatoms. The smallest absolute Gasteiger partial charge is 0.238 e. The number of nitrogens with one attached hydrogen (secondary N) is 2. The van der Waals surface area contributed by atoms with Crippen LogP contribution in [0.5, 0.6) is 0 Å². The van der Waals surface area contributed by atoms with E-state index in [9.17, 15) is 9.59 Å². The van der Waals surface area contributed by atoms with Gasteiger partial charge < -0.3 is 10.2 Å². The van der Waals surface area contributed by atoms with Crippen LogP contribution in [0.15, 0.2) is 78.9 Å². The lowest BCUT2D eigenvalue weighted by atomic mass is 9.99. The van der Waals surface area contributed by atoms with Gasteiger partial charge in [0.1, 0.15) is 0 Å². The Bertz CT molecular complexity index is 1070. The van der Waals surface area contributed by atoms with E-state index < -0.39 is 0 Å². The number of hydrogen-bond donors (Lipinski definition) is 2. The van der Waals surface area contributed by atoms with Crippen molar-refractivity contribution in [3.8, 4) is 0 Å². The van der Waals surface area contributed by atoms with Gasteiger partial charge in [-0.3, -0.25) is 19.8 Å². The van der Waals surface area contributed by atoms with E-state index in [1.807, 2.05) is 73.3 Å². The number of anilines is 1. The lowest BCUT2D eigenvalue weighted by molar-refractivity contribution is -0.132. The van der Waals surface area contributed by atoms with E-state index in [0.717, 1.165) is 27.9 Å². The molecule has 3 aromatic rings. The summed E-state index contributed by atoms with van der Waals surface area (Å²) in [6.07, 6.45) is 0. The third kappa shape index (κ3) is 6.56. The van der Waals surface area contributed by atoms with Gasteiger partial charge in [0.25, 0.3) is 0 Å². The fourth-order valence-corrected chi connectivity index (χ4v) is 4.57. The Labute approximate surface area is 207 Å². The van der Waals surface area contributed by atoms with Gasteiger partial charge in [-0.25, -0.2) is 0 Å². The van der Waals surface area contributed by atoms with Gasteiger partial charge in [0, 0.05) is 31.9 Å². The van der Waals surface area contributed by atoms with E-state index in [1.165, 1.54) is 0 Å². The third-order valence-corrected chi connectivity index (χ3v) is 6.56. The molecule has 0 atom stereocenters. The maximum absolute atomic E-state index is 13.0. The summed E-state index contributed by atoms with van der Waals surface area (Å²) >= 11 is 0. The van der Waals surface area contributed by atoms with Gasteiger partial charge in [0.05, 0.1) is 19.1 Å². The molecule has 4 rings (SSSR count). The minimum absolute atomic E-state index is 0.0163. The van der Waals surface area contributed by atoms with Gasteiger partial charge in [0.2, 0.25) is 11.8 Å². The lowest BCUT2D eigenvalue weighted by Gasteiger charge is -2.34. The predicted octanol–water partition coefficient (Wildman–Crippen LogP) is 3.77. The Kier molecular flexibility index (Phi) is 8.29. The van der Waals surface area contributed by atoms with Crippen molar-refractivity contribution < 1.29 is 9.59 Å². The summed E-state index contributed by atoms with van der Waals surface area (Å²) in [6.45, 7) is 7.22. The second-order valence-electron chi connectivity index (χ2n) is 9.11. The van der Waals surface area contributed by atoms with Crippen LogP contribution in [0.4, 0.5) is 5.69 Å². The summed E-state index contributed by atoms with van der Waals surface area (Å²) in [5, 5.41) is 6.51. The molecule has 1 aliphatic heterocycles. The molecule has 2 amide bonds. The van der Waals surface area contributed by atoms with Crippen molar-refractivity contribution in [2.45, 2.75) is 19.9 Å². The van der Waals surface area contributed by atoms with Crippen molar-refractivity contribution >= 4 is 17.5 Å². The molecular weight excluding hydrogens is 436 g/mol. The highest BCUT2D eigenvalue weighted by molar-refractivity contribution is 5.93. The monoisotopic (exact) mass is 470 g/mol. The van der Waals surface area contributed by atoms with Gasteiger partial charge in [-0.05, 0) is 36.1 Å².